The number of halogens is 4. The molecule has 0 unspecified atom stereocenters. The molecule has 0 bridgehead atoms. The maximum atomic E-state index is 13.1. The second-order valence-electron chi connectivity index (χ2n) is 8.36. The van der Waals surface area contributed by atoms with E-state index >= 15 is 0 Å². The van der Waals surface area contributed by atoms with E-state index in [9.17, 15) is 18.0 Å². The van der Waals surface area contributed by atoms with Crippen LogP contribution in [0.4, 0.5) is 18.9 Å². The predicted octanol–water partition coefficient (Wildman–Crippen LogP) is 4.88. The largest absolute Gasteiger partial charge is 0.416 e. The van der Waals surface area contributed by atoms with Crippen molar-refractivity contribution >= 4 is 23.2 Å². The normalized spacial score (nSPS) is 20.3. The van der Waals surface area contributed by atoms with E-state index in [0.717, 1.165) is 38.1 Å². The van der Waals surface area contributed by atoms with Gasteiger partial charge in [-0.3, -0.25) is 4.79 Å². The van der Waals surface area contributed by atoms with Crippen LogP contribution in [0.2, 0.25) is 5.02 Å². The number of carbonyl (C=O) groups excluding carboxylic acids is 1. The lowest BCUT2D eigenvalue weighted by atomic mass is 9.98. The van der Waals surface area contributed by atoms with Crippen LogP contribution >= 0.6 is 11.6 Å². The number of alkyl halides is 3. The van der Waals surface area contributed by atoms with Crippen molar-refractivity contribution in [3.05, 3.63) is 28.8 Å². The van der Waals surface area contributed by atoms with Crippen molar-refractivity contribution in [1.82, 2.24) is 9.80 Å². The van der Waals surface area contributed by atoms with Gasteiger partial charge in [0.2, 0.25) is 5.91 Å². The predicted molar refractivity (Wildman–Crippen MR) is 109 cm³/mol. The molecule has 29 heavy (non-hydrogen) atoms. The summed E-state index contributed by atoms with van der Waals surface area (Å²) in [4.78, 5) is 17.5. The first-order valence-electron chi connectivity index (χ1n) is 10.3. The Morgan fingerprint density at radius 3 is 2.28 bits per heavy atom. The molecule has 2 fully saturated rings. The van der Waals surface area contributed by atoms with Gasteiger partial charge in [0.1, 0.15) is 6.04 Å². The molecule has 0 aliphatic carbocycles. The molecule has 2 heterocycles. The Kier molecular flexibility index (Phi) is 6.99. The fourth-order valence-corrected chi connectivity index (χ4v) is 4.48. The van der Waals surface area contributed by atoms with Crippen molar-refractivity contribution < 1.29 is 18.0 Å². The standard InChI is InChI=1S/C21H29ClF3N3O/c1-14(2)19(26-18-6-5-15(13-17(18)22)21(23,24)25)20(29)28-11-7-16(8-12-28)27-9-3-4-10-27/h5-6,13-14,16,19,26H,3-4,7-12H2,1-2H3/t19-/m0/s1. The highest BCUT2D eigenvalue weighted by Crippen LogP contribution is 2.34. The van der Waals surface area contributed by atoms with Gasteiger partial charge in [-0.2, -0.15) is 13.2 Å². The molecule has 2 aliphatic heterocycles. The third kappa shape index (κ3) is 5.37. The number of amides is 1. The zero-order valence-corrected chi connectivity index (χ0v) is 17.7. The fraction of sp³-hybridized carbons (Fsp3) is 0.667. The molecule has 1 amide bonds. The van der Waals surface area contributed by atoms with Crippen LogP contribution in [0.25, 0.3) is 0 Å². The van der Waals surface area contributed by atoms with Crippen molar-refractivity contribution in [2.75, 3.05) is 31.5 Å². The zero-order valence-electron chi connectivity index (χ0n) is 16.9. The summed E-state index contributed by atoms with van der Waals surface area (Å²) >= 11 is 6.07. The van der Waals surface area contributed by atoms with E-state index in [1.165, 1.54) is 18.9 Å². The quantitative estimate of drug-likeness (QED) is 0.721. The molecule has 1 N–H and O–H groups in total. The highest BCUT2D eigenvalue weighted by molar-refractivity contribution is 6.33. The fourth-order valence-electron chi connectivity index (χ4n) is 4.24. The summed E-state index contributed by atoms with van der Waals surface area (Å²) in [6.45, 7) is 7.58. The summed E-state index contributed by atoms with van der Waals surface area (Å²) in [6, 6.07) is 3.20. The van der Waals surface area contributed by atoms with E-state index in [1.807, 2.05) is 18.7 Å². The van der Waals surface area contributed by atoms with E-state index in [-0.39, 0.29) is 16.8 Å². The molecule has 4 nitrogen and oxygen atoms in total. The summed E-state index contributed by atoms with van der Waals surface area (Å²) in [5.74, 6) is -0.0481. The first-order chi connectivity index (χ1) is 13.7. The summed E-state index contributed by atoms with van der Waals surface area (Å²) in [5.41, 5.74) is -0.455. The number of carbonyl (C=O) groups is 1. The Bertz CT molecular complexity index is 712. The van der Waals surface area contributed by atoms with Crippen LogP contribution in [0.5, 0.6) is 0 Å². The first kappa shape index (κ1) is 22.2. The van der Waals surface area contributed by atoms with Crippen LogP contribution < -0.4 is 5.32 Å². The van der Waals surface area contributed by atoms with Crippen LogP contribution in [-0.2, 0) is 11.0 Å². The second-order valence-corrected chi connectivity index (χ2v) is 8.77. The van der Waals surface area contributed by atoms with Gasteiger partial charge in [0, 0.05) is 19.1 Å². The number of rotatable bonds is 5. The molecule has 0 radical (unpaired) electrons. The number of anilines is 1. The van der Waals surface area contributed by atoms with Gasteiger partial charge >= 0.3 is 6.18 Å². The van der Waals surface area contributed by atoms with Gasteiger partial charge in [0.25, 0.3) is 0 Å². The minimum Gasteiger partial charge on any atom is -0.372 e. The van der Waals surface area contributed by atoms with E-state index in [0.29, 0.717) is 24.8 Å². The van der Waals surface area contributed by atoms with Crippen LogP contribution in [0.15, 0.2) is 18.2 Å². The first-order valence-corrected chi connectivity index (χ1v) is 10.7. The Morgan fingerprint density at radius 2 is 1.76 bits per heavy atom. The molecule has 162 valence electrons. The van der Waals surface area contributed by atoms with Gasteiger partial charge in [-0.05, 0) is 62.9 Å². The Labute approximate surface area is 175 Å². The van der Waals surface area contributed by atoms with Gasteiger partial charge in [0.15, 0.2) is 0 Å². The van der Waals surface area contributed by atoms with Crippen molar-refractivity contribution in [3.63, 3.8) is 0 Å². The number of benzene rings is 1. The molecule has 8 heteroatoms. The van der Waals surface area contributed by atoms with Crippen LogP contribution in [-0.4, -0.2) is 54.0 Å². The number of hydrogen-bond donors (Lipinski definition) is 1. The van der Waals surface area contributed by atoms with Gasteiger partial charge in [0.05, 0.1) is 16.3 Å². The monoisotopic (exact) mass is 431 g/mol. The Balaban J connectivity index is 1.64. The molecule has 1 aromatic rings. The molecule has 1 aromatic carbocycles. The molecule has 2 saturated heterocycles. The van der Waals surface area contributed by atoms with Crippen LogP contribution in [0.3, 0.4) is 0 Å². The molecule has 3 rings (SSSR count). The van der Waals surface area contributed by atoms with E-state index in [4.69, 9.17) is 11.6 Å². The maximum Gasteiger partial charge on any atom is 0.416 e. The molecular weight excluding hydrogens is 403 g/mol. The summed E-state index contributed by atoms with van der Waals surface area (Å²) in [6.07, 6.45) is 0.00303. The number of nitrogens with one attached hydrogen (secondary N) is 1. The highest BCUT2D eigenvalue weighted by atomic mass is 35.5. The Hall–Kier alpha value is -1.47. The lowest BCUT2D eigenvalue weighted by molar-refractivity contribution is -0.137. The number of hydrogen-bond acceptors (Lipinski definition) is 3. The van der Waals surface area contributed by atoms with Gasteiger partial charge < -0.3 is 15.1 Å². The maximum absolute atomic E-state index is 13.1. The van der Waals surface area contributed by atoms with Crippen molar-refractivity contribution in [2.24, 2.45) is 5.92 Å². The Morgan fingerprint density at radius 1 is 1.14 bits per heavy atom. The molecule has 0 spiro atoms. The molecular formula is C21H29ClF3N3O. The molecule has 0 saturated carbocycles. The third-order valence-electron chi connectivity index (χ3n) is 5.97. The topological polar surface area (TPSA) is 35.6 Å². The van der Waals surface area contributed by atoms with Crippen molar-refractivity contribution in [1.29, 1.82) is 0 Å². The SMILES string of the molecule is CC(C)[C@H](Nc1ccc(C(F)(F)F)cc1Cl)C(=O)N1CCC(N2CCCC2)CC1. The summed E-state index contributed by atoms with van der Waals surface area (Å²) < 4.78 is 38.6. The average Bonchev–Trinajstić information content (AvgIpc) is 3.20. The molecule has 1 atom stereocenters. The van der Waals surface area contributed by atoms with E-state index in [2.05, 4.69) is 10.2 Å². The second kappa shape index (κ2) is 9.13. The lowest BCUT2D eigenvalue weighted by Crippen LogP contribution is -2.51. The van der Waals surface area contributed by atoms with Crippen LogP contribution in [0.1, 0.15) is 45.1 Å². The summed E-state index contributed by atoms with van der Waals surface area (Å²) in [7, 11) is 0. The summed E-state index contributed by atoms with van der Waals surface area (Å²) in [5, 5.41) is 3.05. The number of piperidine rings is 1. The van der Waals surface area contributed by atoms with E-state index in [1.54, 1.807) is 0 Å². The molecule has 0 aromatic heterocycles. The van der Waals surface area contributed by atoms with Crippen molar-refractivity contribution in [2.45, 2.75) is 57.8 Å². The third-order valence-corrected chi connectivity index (χ3v) is 6.29. The number of nitrogens with zero attached hydrogens (tertiary/aromatic N) is 2. The van der Waals surface area contributed by atoms with Gasteiger partial charge in [-0.15, -0.1) is 0 Å². The minimum absolute atomic E-state index is 0.0177. The molecule has 2 aliphatic rings. The minimum atomic E-state index is -4.45. The number of likely N-dealkylation sites (tertiary alicyclic amines) is 2. The average molecular weight is 432 g/mol. The smallest absolute Gasteiger partial charge is 0.372 e. The van der Waals surface area contributed by atoms with Gasteiger partial charge in [-0.1, -0.05) is 25.4 Å². The van der Waals surface area contributed by atoms with Crippen LogP contribution in [0, 0.1) is 5.92 Å². The van der Waals surface area contributed by atoms with Crippen molar-refractivity contribution in [3.8, 4) is 0 Å². The lowest BCUT2D eigenvalue weighted by Gasteiger charge is -2.38. The van der Waals surface area contributed by atoms with Gasteiger partial charge in [-0.25, -0.2) is 0 Å². The highest BCUT2D eigenvalue weighted by Gasteiger charge is 2.34. The zero-order chi connectivity index (χ0) is 21.2. The van der Waals surface area contributed by atoms with E-state index < -0.39 is 17.8 Å².